The van der Waals surface area contributed by atoms with Gasteiger partial charge in [-0.3, -0.25) is 14.5 Å². The van der Waals surface area contributed by atoms with Crippen molar-refractivity contribution in [1.82, 2.24) is 0 Å². The van der Waals surface area contributed by atoms with Crippen LogP contribution >= 0.6 is 0 Å². The van der Waals surface area contributed by atoms with Crippen LogP contribution in [0.3, 0.4) is 0 Å². The van der Waals surface area contributed by atoms with E-state index in [1.807, 2.05) is 0 Å². The summed E-state index contributed by atoms with van der Waals surface area (Å²) in [5.41, 5.74) is -0.267. The van der Waals surface area contributed by atoms with Crippen molar-refractivity contribution in [3.8, 4) is 5.75 Å². The summed E-state index contributed by atoms with van der Waals surface area (Å²) in [4.78, 5) is 35.1. The number of carbonyl (C=O) groups is 2. The molecular formula is C14H11NO6. The van der Waals surface area contributed by atoms with Crippen LogP contribution in [0.25, 0.3) is 0 Å². The lowest BCUT2D eigenvalue weighted by atomic mass is 10.2. The molecule has 0 spiro atoms. The van der Waals surface area contributed by atoms with Gasteiger partial charge in [0.05, 0.1) is 5.56 Å². The Morgan fingerprint density at radius 3 is 2.29 bits per heavy atom. The fraction of sp³-hybridized carbons (Fsp3) is 0.0714. The van der Waals surface area contributed by atoms with Gasteiger partial charge in [0.15, 0.2) is 0 Å². The number of rotatable bonds is 4. The number of hydrogen-bond donors (Lipinski definition) is 2. The molecule has 0 bridgehead atoms. The fourth-order valence-corrected chi connectivity index (χ4v) is 1.68. The van der Waals surface area contributed by atoms with E-state index >= 15 is 0 Å². The van der Waals surface area contributed by atoms with Crippen molar-refractivity contribution < 1.29 is 24.2 Å². The molecule has 1 amide bonds. The van der Waals surface area contributed by atoms with E-state index < -0.39 is 24.0 Å². The monoisotopic (exact) mass is 289 g/mol. The number of phenolic OH excluding ortho intramolecular Hbond substituents is 1. The molecule has 1 aromatic heterocycles. The number of carboxylic acids is 1. The molecule has 108 valence electrons. The number of carbonyl (C=O) groups excluding carboxylic acids is 1. The van der Waals surface area contributed by atoms with E-state index in [9.17, 15) is 19.5 Å². The average Bonchev–Trinajstić information content (AvgIpc) is 2.46. The summed E-state index contributed by atoms with van der Waals surface area (Å²) in [5, 5.41) is 18.2. The first-order valence-corrected chi connectivity index (χ1v) is 5.89. The zero-order valence-corrected chi connectivity index (χ0v) is 10.7. The molecule has 21 heavy (non-hydrogen) atoms. The van der Waals surface area contributed by atoms with Gasteiger partial charge in [-0.25, -0.2) is 4.79 Å². The van der Waals surface area contributed by atoms with Gasteiger partial charge in [0.2, 0.25) is 0 Å². The average molecular weight is 289 g/mol. The van der Waals surface area contributed by atoms with Crippen molar-refractivity contribution >= 4 is 17.6 Å². The lowest BCUT2D eigenvalue weighted by molar-refractivity contribution is -0.135. The van der Waals surface area contributed by atoms with E-state index in [4.69, 9.17) is 5.11 Å². The molecule has 0 saturated carbocycles. The maximum Gasteiger partial charge on any atom is 0.335 e. The number of nitrogens with zero attached hydrogens (tertiary/aromatic N) is 1. The molecule has 0 unspecified atom stereocenters. The van der Waals surface area contributed by atoms with Gasteiger partial charge >= 0.3 is 11.6 Å². The molecule has 2 N–H and O–H groups in total. The van der Waals surface area contributed by atoms with Crippen molar-refractivity contribution in [2.45, 2.75) is 0 Å². The minimum atomic E-state index is -1.20. The summed E-state index contributed by atoms with van der Waals surface area (Å²) in [6.07, 6.45) is 0.972. The largest absolute Gasteiger partial charge is 0.508 e. The molecule has 0 fully saturated rings. The summed E-state index contributed by atoms with van der Waals surface area (Å²) in [6, 6.07) is 7.82. The summed E-state index contributed by atoms with van der Waals surface area (Å²) in [5.74, 6) is -1.84. The summed E-state index contributed by atoms with van der Waals surface area (Å²) in [6.45, 7) is -0.567. The molecule has 2 aromatic rings. The molecule has 1 aromatic carbocycles. The predicted octanol–water partition coefficient (Wildman–Crippen LogP) is 1.08. The Morgan fingerprint density at radius 2 is 1.76 bits per heavy atom. The minimum absolute atomic E-state index is 0.00724. The highest BCUT2D eigenvalue weighted by atomic mass is 16.4. The maximum atomic E-state index is 12.3. The van der Waals surface area contributed by atoms with Gasteiger partial charge in [-0.15, -0.1) is 0 Å². The van der Waals surface area contributed by atoms with Crippen molar-refractivity contribution in [2.75, 3.05) is 11.4 Å². The van der Waals surface area contributed by atoms with Crippen molar-refractivity contribution in [3.05, 3.63) is 58.6 Å². The Kier molecular flexibility index (Phi) is 4.03. The molecule has 0 saturated heterocycles. The van der Waals surface area contributed by atoms with Crippen LogP contribution in [0.2, 0.25) is 0 Å². The molecule has 0 atom stereocenters. The number of amides is 1. The van der Waals surface area contributed by atoms with Gasteiger partial charge in [-0.05, 0) is 30.3 Å². The van der Waals surface area contributed by atoms with Crippen LogP contribution in [0, 0.1) is 0 Å². The molecule has 7 nitrogen and oxygen atoms in total. The fourth-order valence-electron chi connectivity index (χ4n) is 1.68. The Balaban J connectivity index is 2.37. The first-order valence-electron chi connectivity index (χ1n) is 5.89. The Labute approximate surface area is 118 Å². The van der Waals surface area contributed by atoms with Gasteiger partial charge < -0.3 is 14.6 Å². The third kappa shape index (κ3) is 3.47. The standard InChI is InChI=1S/C14H11NO6/c16-11-4-2-10(3-5-11)15(7-12(17)18)14(20)9-1-6-13(19)21-8-9/h1-6,8,16H,7H2,(H,17,18). The second kappa shape index (κ2) is 5.91. The molecule has 0 aliphatic carbocycles. The quantitative estimate of drug-likeness (QED) is 0.871. The molecule has 2 rings (SSSR count). The highest BCUT2D eigenvalue weighted by molar-refractivity contribution is 6.07. The smallest absolute Gasteiger partial charge is 0.335 e. The number of hydrogen-bond acceptors (Lipinski definition) is 5. The number of aliphatic carboxylic acids is 1. The van der Waals surface area contributed by atoms with Crippen molar-refractivity contribution in [2.24, 2.45) is 0 Å². The van der Waals surface area contributed by atoms with Gasteiger partial charge in [-0.2, -0.15) is 0 Å². The zero-order chi connectivity index (χ0) is 15.4. The number of carboxylic acid groups (broad SMARTS) is 1. The molecule has 0 radical (unpaired) electrons. The number of aromatic hydroxyl groups is 1. The highest BCUT2D eigenvalue weighted by Crippen LogP contribution is 2.20. The van der Waals surface area contributed by atoms with Crippen molar-refractivity contribution in [3.63, 3.8) is 0 Å². The maximum absolute atomic E-state index is 12.3. The van der Waals surface area contributed by atoms with Crippen LogP contribution < -0.4 is 10.5 Å². The van der Waals surface area contributed by atoms with Gasteiger partial charge in [-0.1, -0.05) is 0 Å². The molecule has 1 heterocycles. The predicted molar refractivity (Wildman–Crippen MR) is 72.4 cm³/mol. The SMILES string of the molecule is O=C(O)CN(C(=O)c1ccc(=O)oc1)c1ccc(O)cc1. The molecule has 7 heteroatoms. The Morgan fingerprint density at radius 1 is 1.10 bits per heavy atom. The second-order valence-corrected chi connectivity index (χ2v) is 4.14. The summed E-state index contributed by atoms with van der Waals surface area (Å²) < 4.78 is 4.60. The second-order valence-electron chi connectivity index (χ2n) is 4.14. The first kappa shape index (κ1) is 14.3. The van der Waals surface area contributed by atoms with Crippen molar-refractivity contribution in [1.29, 1.82) is 0 Å². The van der Waals surface area contributed by atoms with Crippen LogP contribution in [0.5, 0.6) is 5.75 Å². The van der Waals surface area contributed by atoms with E-state index in [0.717, 1.165) is 17.2 Å². The molecular weight excluding hydrogens is 278 g/mol. The van der Waals surface area contributed by atoms with Crippen LogP contribution in [0.1, 0.15) is 10.4 Å². The summed E-state index contributed by atoms with van der Waals surface area (Å²) >= 11 is 0. The molecule has 0 aliphatic rings. The zero-order valence-electron chi connectivity index (χ0n) is 10.7. The Hall–Kier alpha value is -3.09. The number of benzene rings is 1. The third-order valence-corrected chi connectivity index (χ3v) is 2.65. The summed E-state index contributed by atoms with van der Waals surface area (Å²) in [7, 11) is 0. The first-order chi connectivity index (χ1) is 9.97. The number of phenols is 1. The van der Waals surface area contributed by atoms with E-state index in [0.29, 0.717) is 5.69 Å². The van der Waals surface area contributed by atoms with Crippen LogP contribution in [0.4, 0.5) is 5.69 Å². The minimum Gasteiger partial charge on any atom is -0.508 e. The normalized spacial score (nSPS) is 10.1. The third-order valence-electron chi connectivity index (χ3n) is 2.65. The van der Waals surface area contributed by atoms with E-state index in [1.165, 1.54) is 30.3 Å². The topological polar surface area (TPSA) is 108 Å². The Bertz CT molecular complexity index is 698. The van der Waals surface area contributed by atoms with Gasteiger partial charge in [0.25, 0.3) is 5.91 Å². The van der Waals surface area contributed by atoms with Gasteiger partial charge in [0.1, 0.15) is 18.6 Å². The highest BCUT2D eigenvalue weighted by Gasteiger charge is 2.21. The van der Waals surface area contributed by atoms with E-state index in [2.05, 4.69) is 4.42 Å². The van der Waals surface area contributed by atoms with Crippen LogP contribution in [0.15, 0.2) is 51.9 Å². The van der Waals surface area contributed by atoms with Gasteiger partial charge in [0, 0.05) is 11.8 Å². The molecule has 0 aliphatic heterocycles. The lowest BCUT2D eigenvalue weighted by Gasteiger charge is -2.20. The lowest BCUT2D eigenvalue weighted by Crippen LogP contribution is -2.35. The van der Waals surface area contributed by atoms with Crippen LogP contribution in [-0.2, 0) is 4.79 Å². The van der Waals surface area contributed by atoms with E-state index in [1.54, 1.807) is 0 Å². The van der Waals surface area contributed by atoms with E-state index in [-0.39, 0.29) is 11.3 Å². The van der Waals surface area contributed by atoms with Crippen LogP contribution in [-0.4, -0.2) is 28.6 Å². The number of anilines is 1.